The number of nitrogens with zero attached hydrogens (tertiary/aromatic N) is 3. The minimum absolute atomic E-state index is 0.0586. The van der Waals surface area contributed by atoms with E-state index < -0.39 is 0 Å². The molecule has 0 aromatic carbocycles. The lowest BCUT2D eigenvalue weighted by Gasteiger charge is -2.35. The van der Waals surface area contributed by atoms with E-state index in [0.717, 1.165) is 38.6 Å². The molecule has 100 valence electrons. The third-order valence-corrected chi connectivity index (χ3v) is 4.14. The monoisotopic (exact) mass is 269 g/mol. The fraction of sp³-hybridized carbons (Fsp3) is 0.667. The van der Waals surface area contributed by atoms with Gasteiger partial charge in [0.05, 0.1) is 18.0 Å². The maximum absolute atomic E-state index is 12.0. The first-order valence-electron chi connectivity index (χ1n) is 6.13. The van der Waals surface area contributed by atoms with E-state index in [1.54, 1.807) is 24.2 Å². The van der Waals surface area contributed by atoms with E-state index in [1.165, 1.54) is 0 Å². The summed E-state index contributed by atoms with van der Waals surface area (Å²) >= 11 is 1.60. The molecular formula is C12H19N3O2S. The average Bonchev–Trinajstić information content (AvgIpc) is 2.91. The SMILES string of the molecule is CSC(C)C(=O)N1CCN(Cc2ncco2)CC1. The van der Waals surface area contributed by atoms with Crippen molar-refractivity contribution in [1.29, 1.82) is 0 Å². The number of carbonyl (C=O) groups excluding carboxylic acids is 1. The molecule has 1 atom stereocenters. The summed E-state index contributed by atoms with van der Waals surface area (Å²) < 4.78 is 5.23. The summed E-state index contributed by atoms with van der Waals surface area (Å²) in [7, 11) is 0. The van der Waals surface area contributed by atoms with Crippen LogP contribution in [-0.2, 0) is 11.3 Å². The number of rotatable bonds is 4. The van der Waals surface area contributed by atoms with Crippen molar-refractivity contribution in [3.63, 3.8) is 0 Å². The van der Waals surface area contributed by atoms with Crippen molar-refractivity contribution in [2.75, 3.05) is 32.4 Å². The Morgan fingerprint density at radius 1 is 1.50 bits per heavy atom. The van der Waals surface area contributed by atoms with Crippen molar-refractivity contribution < 1.29 is 9.21 Å². The van der Waals surface area contributed by atoms with E-state index in [4.69, 9.17) is 4.42 Å². The number of hydrogen-bond acceptors (Lipinski definition) is 5. The standard InChI is InChI=1S/C12H19N3O2S/c1-10(18-2)12(16)15-6-4-14(5-7-15)9-11-13-3-8-17-11/h3,8,10H,4-7,9H2,1-2H3. The third kappa shape index (κ3) is 3.26. The van der Waals surface area contributed by atoms with Gasteiger partial charge in [0, 0.05) is 26.2 Å². The molecule has 0 aliphatic carbocycles. The number of aromatic nitrogens is 1. The molecule has 2 rings (SSSR count). The van der Waals surface area contributed by atoms with Gasteiger partial charge in [0.25, 0.3) is 0 Å². The fourth-order valence-corrected chi connectivity index (χ4v) is 2.36. The van der Waals surface area contributed by atoms with Gasteiger partial charge >= 0.3 is 0 Å². The summed E-state index contributed by atoms with van der Waals surface area (Å²) in [6, 6.07) is 0. The quantitative estimate of drug-likeness (QED) is 0.818. The topological polar surface area (TPSA) is 49.6 Å². The molecule has 1 aliphatic heterocycles. The normalized spacial score (nSPS) is 18.9. The molecular weight excluding hydrogens is 250 g/mol. The Balaban J connectivity index is 1.79. The van der Waals surface area contributed by atoms with E-state index in [2.05, 4.69) is 9.88 Å². The first kappa shape index (κ1) is 13.4. The second-order valence-corrected chi connectivity index (χ2v) is 5.58. The van der Waals surface area contributed by atoms with Gasteiger partial charge in [0.2, 0.25) is 11.8 Å². The van der Waals surface area contributed by atoms with Crippen LogP contribution in [0.25, 0.3) is 0 Å². The maximum Gasteiger partial charge on any atom is 0.235 e. The predicted molar refractivity (Wildman–Crippen MR) is 71.3 cm³/mol. The number of thioether (sulfide) groups is 1. The minimum Gasteiger partial charge on any atom is -0.448 e. The predicted octanol–water partition coefficient (Wildman–Crippen LogP) is 1.07. The Kier molecular flexibility index (Phi) is 4.66. The highest BCUT2D eigenvalue weighted by atomic mass is 32.2. The van der Waals surface area contributed by atoms with Gasteiger partial charge in [0.1, 0.15) is 6.26 Å². The molecule has 18 heavy (non-hydrogen) atoms. The van der Waals surface area contributed by atoms with E-state index >= 15 is 0 Å². The van der Waals surface area contributed by atoms with Crippen LogP contribution in [0.5, 0.6) is 0 Å². The highest BCUT2D eigenvalue weighted by molar-refractivity contribution is 7.99. The van der Waals surface area contributed by atoms with Crippen LogP contribution in [0, 0.1) is 0 Å². The van der Waals surface area contributed by atoms with Crippen molar-refractivity contribution in [2.45, 2.75) is 18.7 Å². The zero-order valence-electron chi connectivity index (χ0n) is 10.8. The van der Waals surface area contributed by atoms with Crippen LogP contribution >= 0.6 is 11.8 Å². The van der Waals surface area contributed by atoms with Crippen molar-refractivity contribution in [2.24, 2.45) is 0 Å². The van der Waals surface area contributed by atoms with Crippen molar-refractivity contribution in [1.82, 2.24) is 14.8 Å². The van der Waals surface area contributed by atoms with Crippen molar-refractivity contribution in [3.05, 3.63) is 18.4 Å². The molecule has 0 saturated carbocycles. The Morgan fingerprint density at radius 3 is 2.78 bits per heavy atom. The van der Waals surface area contributed by atoms with E-state index in [1.807, 2.05) is 18.1 Å². The fourth-order valence-electron chi connectivity index (χ4n) is 2.01. The summed E-state index contributed by atoms with van der Waals surface area (Å²) in [5.74, 6) is 0.991. The van der Waals surface area contributed by atoms with Gasteiger partial charge in [-0.2, -0.15) is 11.8 Å². The second-order valence-electron chi connectivity index (χ2n) is 4.41. The molecule has 1 amide bonds. The Labute approximate surface area is 112 Å². The van der Waals surface area contributed by atoms with Crippen LogP contribution in [0.3, 0.4) is 0 Å². The molecule has 1 aromatic heterocycles. The molecule has 1 unspecified atom stereocenters. The van der Waals surface area contributed by atoms with Crippen molar-refractivity contribution >= 4 is 17.7 Å². The molecule has 0 N–H and O–H groups in total. The molecule has 1 fully saturated rings. The first-order valence-corrected chi connectivity index (χ1v) is 7.42. The summed E-state index contributed by atoms with van der Waals surface area (Å²) in [5, 5.41) is 0.0586. The molecule has 6 heteroatoms. The second kappa shape index (κ2) is 6.24. The average molecular weight is 269 g/mol. The van der Waals surface area contributed by atoms with Gasteiger partial charge < -0.3 is 9.32 Å². The molecule has 2 heterocycles. The largest absolute Gasteiger partial charge is 0.448 e. The highest BCUT2D eigenvalue weighted by Gasteiger charge is 2.24. The van der Waals surface area contributed by atoms with Crippen LogP contribution in [0.2, 0.25) is 0 Å². The summed E-state index contributed by atoms with van der Waals surface area (Å²) in [6.45, 7) is 6.05. The summed E-state index contributed by atoms with van der Waals surface area (Å²) in [4.78, 5) is 20.3. The van der Waals surface area contributed by atoms with Crippen LogP contribution in [0.15, 0.2) is 16.9 Å². The first-order chi connectivity index (χ1) is 8.70. The molecule has 1 aliphatic rings. The lowest BCUT2D eigenvalue weighted by Crippen LogP contribution is -2.50. The van der Waals surface area contributed by atoms with Gasteiger partial charge in [-0.1, -0.05) is 0 Å². The summed E-state index contributed by atoms with van der Waals surface area (Å²) in [6.07, 6.45) is 5.23. The minimum atomic E-state index is 0.0586. The zero-order chi connectivity index (χ0) is 13.0. The van der Waals surface area contributed by atoms with Crippen LogP contribution < -0.4 is 0 Å². The van der Waals surface area contributed by atoms with Gasteiger partial charge in [-0.05, 0) is 13.2 Å². The van der Waals surface area contributed by atoms with Crippen LogP contribution in [-0.4, -0.2) is 58.4 Å². The Bertz CT molecular complexity index is 375. The van der Waals surface area contributed by atoms with Crippen molar-refractivity contribution in [3.8, 4) is 0 Å². The van der Waals surface area contributed by atoms with Gasteiger partial charge in [-0.3, -0.25) is 9.69 Å². The number of hydrogen-bond donors (Lipinski definition) is 0. The molecule has 0 spiro atoms. The van der Waals surface area contributed by atoms with E-state index in [9.17, 15) is 4.79 Å². The lowest BCUT2D eigenvalue weighted by atomic mass is 10.3. The Morgan fingerprint density at radius 2 is 2.22 bits per heavy atom. The molecule has 1 saturated heterocycles. The zero-order valence-corrected chi connectivity index (χ0v) is 11.7. The number of carbonyl (C=O) groups is 1. The van der Waals surface area contributed by atoms with Gasteiger partial charge in [-0.25, -0.2) is 4.98 Å². The van der Waals surface area contributed by atoms with Crippen LogP contribution in [0.1, 0.15) is 12.8 Å². The van der Waals surface area contributed by atoms with E-state index in [0.29, 0.717) is 0 Å². The maximum atomic E-state index is 12.0. The van der Waals surface area contributed by atoms with Crippen LogP contribution in [0.4, 0.5) is 0 Å². The molecule has 0 radical (unpaired) electrons. The molecule has 1 aromatic rings. The number of oxazole rings is 1. The summed E-state index contributed by atoms with van der Waals surface area (Å²) in [5.41, 5.74) is 0. The van der Waals surface area contributed by atoms with Gasteiger partial charge in [0.15, 0.2) is 0 Å². The Hall–Kier alpha value is -1.01. The highest BCUT2D eigenvalue weighted by Crippen LogP contribution is 2.12. The third-order valence-electron chi connectivity index (χ3n) is 3.23. The number of piperazine rings is 1. The van der Waals surface area contributed by atoms with Gasteiger partial charge in [-0.15, -0.1) is 0 Å². The molecule has 5 nitrogen and oxygen atoms in total. The smallest absolute Gasteiger partial charge is 0.235 e. The number of amides is 1. The van der Waals surface area contributed by atoms with E-state index in [-0.39, 0.29) is 11.2 Å². The lowest BCUT2D eigenvalue weighted by molar-refractivity contribution is -0.132. The molecule has 0 bridgehead atoms.